The topological polar surface area (TPSA) is 69.4 Å². The van der Waals surface area contributed by atoms with Crippen LogP contribution < -0.4 is 0 Å². The molecular formula is C24H28N4O2. The highest BCUT2D eigenvalue weighted by Gasteiger charge is 2.34. The van der Waals surface area contributed by atoms with Gasteiger partial charge < -0.3 is 4.74 Å². The van der Waals surface area contributed by atoms with E-state index in [4.69, 9.17) is 9.73 Å². The fourth-order valence-electron chi connectivity index (χ4n) is 4.07. The number of hydrogen-bond acceptors (Lipinski definition) is 5. The summed E-state index contributed by atoms with van der Waals surface area (Å²) in [7, 11) is 0. The lowest BCUT2D eigenvalue weighted by Gasteiger charge is -2.24. The van der Waals surface area contributed by atoms with Crippen molar-refractivity contribution < 1.29 is 9.53 Å². The third kappa shape index (κ3) is 3.86. The second-order valence-electron chi connectivity index (χ2n) is 8.93. The van der Waals surface area contributed by atoms with Crippen LogP contribution in [0.25, 0.3) is 5.70 Å². The van der Waals surface area contributed by atoms with Crippen molar-refractivity contribution in [1.29, 1.82) is 0 Å². The van der Waals surface area contributed by atoms with Crippen LogP contribution in [0.1, 0.15) is 63.8 Å². The third-order valence-corrected chi connectivity index (χ3v) is 5.27. The minimum atomic E-state index is -0.549. The normalized spacial score (nSPS) is 20.9. The number of hydrogen-bond donors (Lipinski definition) is 0. The fraction of sp³-hybridized carbons (Fsp3) is 0.417. The van der Waals surface area contributed by atoms with Crippen LogP contribution in [0.5, 0.6) is 0 Å². The first kappa shape index (κ1) is 20.3. The number of nitrogens with zero attached hydrogens (tertiary/aromatic N) is 4. The number of benzene rings is 1. The van der Waals surface area contributed by atoms with Gasteiger partial charge in [0.15, 0.2) is 5.82 Å². The highest BCUT2D eigenvalue weighted by molar-refractivity contribution is 6.18. The molecule has 0 saturated heterocycles. The van der Waals surface area contributed by atoms with Gasteiger partial charge in [-0.1, -0.05) is 49.4 Å². The van der Waals surface area contributed by atoms with Crippen molar-refractivity contribution in [1.82, 2.24) is 14.8 Å². The van der Waals surface area contributed by atoms with E-state index in [-0.39, 0.29) is 18.3 Å². The lowest BCUT2D eigenvalue weighted by molar-refractivity contribution is -0.155. The molecule has 0 radical (unpaired) electrons. The number of carbonyl (C=O) groups excluding carboxylic acids is 1. The first-order valence-electron chi connectivity index (χ1n) is 10.4. The highest BCUT2D eigenvalue weighted by atomic mass is 16.6. The molecule has 1 aromatic heterocycles. The summed E-state index contributed by atoms with van der Waals surface area (Å²) in [6.07, 6.45) is 5.38. The summed E-state index contributed by atoms with van der Waals surface area (Å²) < 4.78 is 7.69. The molecule has 2 aliphatic rings. The van der Waals surface area contributed by atoms with Gasteiger partial charge in [-0.25, -0.2) is 0 Å². The monoisotopic (exact) mass is 404 g/mol. The van der Waals surface area contributed by atoms with Gasteiger partial charge in [-0.15, -0.1) is 10.2 Å². The first-order chi connectivity index (χ1) is 14.2. The Morgan fingerprint density at radius 2 is 1.93 bits per heavy atom. The number of esters is 1. The molecule has 0 amide bonds. The summed E-state index contributed by atoms with van der Waals surface area (Å²) in [5, 5.41) is 8.77. The van der Waals surface area contributed by atoms with Crippen molar-refractivity contribution in [2.45, 2.75) is 59.1 Å². The van der Waals surface area contributed by atoms with Gasteiger partial charge in [0.1, 0.15) is 17.5 Å². The summed E-state index contributed by atoms with van der Waals surface area (Å²) in [5.41, 5.74) is 3.56. The van der Waals surface area contributed by atoms with Crippen LogP contribution >= 0.6 is 0 Å². The smallest absolute Gasteiger partial charge is 0.308 e. The molecule has 2 heterocycles. The van der Waals surface area contributed by atoms with Crippen LogP contribution in [0.2, 0.25) is 0 Å². The van der Waals surface area contributed by atoms with Crippen molar-refractivity contribution >= 4 is 17.4 Å². The van der Waals surface area contributed by atoms with E-state index in [1.165, 1.54) is 0 Å². The molecule has 1 aliphatic carbocycles. The Balaban J connectivity index is 1.88. The second kappa shape index (κ2) is 7.67. The molecule has 30 heavy (non-hydrogen) atoms. The summed E-state index contributed by atoms with van der Waals surface area (Å²) in [6.45, 7) is 9.77. The SMILES string of the molecule is Cc1nnc2n1C1=C(C=CCC1C)C(c1ccccc1)=N[C@H]2CC(=O)OC(C)(C)C. The van der Waals surface area contributed by atoms with E-state index in [2.05, 4.69) is 46.0 Å². The number of ether oxygens (including phenoxy) is 1. The summed E-state index contributed by atoms with van der Waals surface area (Å²) in [4.78, 5) is 17.8. The Labute approximate surface area is 177 Å². The zero-order valence-corrected chi connectivity index (χ0v) is 18.2. The van der Waals surface area contributed by atoms with Crippen molar-refractivity contribution in [2.24, 2.45) is 10.9 Å². The van der Waals surface area contributed by atoms with Gasteiger partial charge in [-0.2, -0.15) is 0 Å². The van der Waals surface area contributed by atoms with E-state index >= 15 is 0 Å². The van der Waals surface area contributed by atoms with Crippen molar-refractivity contribution in [3.05, 3.63) is 65.3 Å². The van der Waals surface area contributed by atoms with E-state index < -0.39 is 11.6 Å². The van der Waals surface area contributed by atoms with E-state index in [9.17, 15) is 4.79 Å². The zero-order valence-electron chi connectivity index (χ0n) is 18.2. The minimum absolute atomic E-state index is 0.115. The lowest BCUT2D eigenvalue weighted by atomic mass is 9.89. The average Bonchev–Trinajstić information content (AvgIpc) is 2.98. The fourth-order valence-corrected chi connectivity index (χ4v) is 4.07. The summed E-state index contributed by atoms with van der Waals surface area (Å²) in [5.74, 6) is 1.49. The van der Waals surface area contributed by atoms with Crippen LogP contribution in [0, 0.1) is 12.8 Å². The molecule has 156 valence electrons. The number of allylic oxidation sites excluding steroid dienone is 4. The van der Waals surface area contributed by atoms with E-state index in [1.54, 1.807) is 0 Å². The Bertz CT molecular complexity index is 1050. The number of aromatic nitrogens is 3. The number of fused-ring (bicyclic) bond motifs is 2. The number of rotatable bonds is 3. The van der Waals surface area contributed by atoms with Crippen LogP contribution in [-0.4, -0.2) is 32.0 Å². The highest BCUT2D eigenvalue weighted by Crippen LogP contribution is 2.38. The zero-order chi connectivity index (χ0) is 21.5. The molecule has 1 unspecified atom stereocenters. The summed E-state index contributed by atoms with van der Waals surface area (Å²) in [6, 6.07) is 9.65. The third-order valence-electron chi connectivity index (χ3n) is 5.27. The van der Waals surface area contributed by atoms with Gasteiger partial charge in [0.05, 0.1) is 12.1 Å². The Morgan fingerprint density at radius 1 is 1.20 bits per heavy atom. The van der Waals surface area contributed by atoms with Gasteiger partial charge >= 0.3 is 5.97 Å². The molecule has 6 heteroatoms. The second-order valence-corrected chi connectivity index (χ2v) is 8.93. The molecule has 6 nitrogen and oxygen atoms in total. The van der Waals surface area contributed by atoms with Gasteiger partial charge in [0.25, 0.3) is 0 Å². The maximum Gasteiger partial charge on any atom is 0.308 e. The minimum Gasteiger partial charge on any atom is -0.460 e. The first-order valence-corrected chi connectivity index (χ1v) is 10.4. The molecule has 1 aliphatic heterocycles. The van der Waals surface area contributed by atoms with Gasteiger partial charge in [-0.05, 0) is 34.1 Å². The van der Waals surface area contributed by atoms with Crippen LogP contribution in [-0.2, 0) is 9.53 Å². The predicted molar refractivity (Wildman–Crippen MR) is 117 cm³/mol. The van der Waals surface area contributed by atoms with Crippen LogP contribution in [0.4, 0.5) is 0 Å². The molecule has 0 fully saturated rings. The quantitative estimate of drug-likeness (QED) is 0.697. The molecule has 4 rings (SSSR count). The average molecular weight is 405 g/mol. The predicted octanol–water partition coefficient (Wildman–Crippen LogP) is 4.67. The molecule has 0 spiro atoms. The van der Waals surface area contributed by atoms with Crippen LogP contribution in [0.3, 0.4) is 0 Å². The molecule has 2 atom stereocenters. The number of carbonyl (C=O) groups is 1. The van der Waals surface area contributed by atoms with E-state index in [0.29, 0.717) is 5.82 Å². The van der Waals surface area contributed by atoms with Crippen molar-refractivity contribution in [3.8, 4) is 0 Å². The summed E-state index contributed by atoms with van der Waals surface area (Å²) >= 11 is 0. The molecule has 1 aromatic carbocycles. The van der Waals surface area contributed by atoms with E-state index in [0.717, 1.165) is 34.8 Å². The van der Waals surface area contributed by atoms with Gasteiger partial charge in [0, 0.05) is 22.8 Å². The molecular weight excluding hydrogens is 376 g/mol. The van der Waals surface area contributed by atoms with Gasteiger partial charge in [-0.3, -0.25) is 14.4 Å². The number of aryl methyl sites for hydroxylation is 1. The molecule has 0 N–H and O–H groups in total. The number of aliphatic imine (C=N–C) groups is 1. The van der Waals surface area contributed by atoms with Crippen molar-refractivity contribution in [3.63, 3.8) is 0 Å². The lowest BCUT2D eigenvalue weighted by Crippen LogP contribution is -2.25. The Morgan fingerprint density at radius 3 is 2.63 bits per heavy atom. The largest absolute Gasteiger partial charge is 0.460 e. The Kier molecular flexibility index (Phi) is 5.18. The molecule has 0 saturated carbocycles. The molecule has 2 aromatic rings. The van der Waals surface area contributed by atoms with Gasteiger partial charge in [0.2, 0.25) is 0 Å². The maximum atomic E-state index is 12.7. The molecule has 0 bridgehead atoms. The Hall–Kier alpha value is -3.02. The standard InChI is InChI=1S/C24H28N4O2/c1-15-10-9-13-18-21(17-11-7-6-8-12-17)25-19(14-20(29)30-24(3,4)5)23-27-26-16(2)28(23)22(15)18/h6-9,11-13,15,19H,10,14H2,1-5H3/t15?,19-/m0/s1. The van der Waals surface area contributed by atoms with E-state index in [1.807, 2.05) is 45.9 Å². The van der Waals surface area contributed by atoms with Crippen LogP contribution in [0.15, 0.2) is 53.0 Å². The maximum absolute atomic E-state index is 12.7. The van der Waals surface area contributed by atoms with Crippen molar-refractivity contribution in [2.75, 3.05) is 0 Å².